The minimum absolute atomic E-state index is 0.0944. The minimum atomic E-state index is -2.91. The predicted molar refractivity (Wildman–Crippen MR) is 77.2 cm³/mol. The van der Waals surface area contributed by atoms with Gasteiger partial charge in [0.1, 0.15) is 0 Å². The van der Waals surface area contributed by atoms with Crippen LogP contribution in [-0.2, 0) is 9.84 Å². The summed E-state index contributed by atoms with van der Waals surface area (Å²) >= 11 is 0. The standard InChI is InChI=1S/C14H24N2O3S/c17-14(16-5-7-20(18,19)8-6-16)15-4-3-13-10-11-1-2-12(13)9-11/h11-13H,1-10H2,(H,15,17)/t11-,12-,13-/m0/s1. The first-order valence-electron chi connectivity index (χ1n) is 7.77. The molecule has 3 aliphatic rings. The molecule has 2 amide bonds. The van der Waals surface area contributed by atoms with Crippen LogP contribution >= 0.6 is 0 Å². The van der Waals surface area contributed by atoms with Crippen molar-refractivity contribution in [3.8, 4) is 0 Å². The van der Waals surface area contributed by atoms with Crippen LogP contribution in [-0.4, -0.2) is 50.5 Å². The van der Waals surface area contributed by atoms with E-state index in [-0.39, 0.29) is 17.5 Å². The summed E-state index contributed by atoms with van der Waals surface area (Å²) in [7, 11) is -2.91. The molecule has 6 heteroatoms. The Labute approximate surface area is 121 Å². The summed E-state index contributed by atoms with van der Waals surface area (Å²) in [6.45, 7) is 1.40. The van der Waals surface area contributed by atoms with Crippen LogP contribution in [0.3, 0.4) is 0 Å². The van der Waals surface area contributed by atoms with Crippen molar-refractivity contribution in [3.05, 3.63) is 0 Å². The summed E-state index contributed by atoms with van der Waals surface area (Å²) < 4.78 is 22.6. The van der Waals surface area contributed by atoms with Gasteiger partial charge in [0.2, 0.25) is 0 Å². The molecule has 3 fully saturated rings. The third kappa shape index (κ3) is 3.10. The zero-order valence-corrected chi connectivity index (χ0v) is 12.7. The molecule has 0 aromatic heterocycles. The van der Waals surface area contributed by atoms with Crippen LogP contribution < -0.4 is 5.32 Å². The van der Waals surface area contributed by atoms with E-state index in [0.29, 0.717) is 13.1 Å². The lowest BCUT2D eigenvalue weighted by molar-refractivity contribution is 0.200. The Morgan fingerprint density at radius 3 is 2.50 bits per heavy atom. The third-order valence-electron chi connectivity index (χ3n) is 5.31. The Kier molecular flexibility index (Phi) is 3.93. The lowest BCUT2D eigenvalue weighted by atomic mass is 9.86. The number of hydrogen-bond donors (Lipinski definition) is 1. The molecular weight excluding hydrogens is 276 g/mol. The molecule has 2 bridgehead atoms. The molecule has 2 saturated carbocycles. The van der Waals surface area contributed by atoms with Gasteiger partial charge in [0.15, 0.2) is 9.84 Å². The van der Waals surface area contributed by atoms with Crippen LogP contribution in [0.25, 0.3) is 0 Å². The van der Waals surface area contributed by atoms with Gasteiger partial charge >= 0.3 is 6.03 Å². The van der Waals surface area contributed by atoms with Crippen molar-refractivity contribution >= 4 is 15.9 Å². The predicted octanol–water partition coefficient (Wildman–Crippen LogP) is 1.25. The van der Waals surface area contributed by atoms with Crippen molar-refractivity contribution in [1.82, 2.24) is 10.2 Å². The molecule has 0 aromatic carbocycles. The number of hydrogen-bond acceptors (Lipinski definition) is 3. The number of nitrogens with zero attached hydrogens (tertiary/aromatic N) is 1. The summed E-state index contributed by atoms with van der Waals surface area (Å²) in [5.41, 5.74) is 0. The van der Waals surface area contributed by atoms with Crippen molar-refractivity contribution in [2.45, 2.75) is 32.1 Å². The van der Waals surface area contributed by atoms with E-state index >= 15 is 0 Å². The molecule has 2 aliphatic carbocycles. The van der Waals surface area contributed by atoms with E-state index in [1.807, 2.05) is 0 Å². The molecule has 114 valence electrons. The molecule has 0 unspecified atom stereocenters. The van der Waals surface area contributed by atoms with Gasteiger partial charge in [-0.15, -0.1) is 0 Å². The maximum atomic E-state index is 12.0. The second-order valence-electron chi connectivity index (χ2n) is 6.59. The Balaban J connectivity index is 1.37. The number of rotatable bonds is 3. The Morgan fingerprint density at radius 1 is 1.15 bits per heavy atom. The number of nitrogens with one attached hydrogen (secondary N) is 1. The summed E-state index contributed by atoms with van der Waals surface area (Å²) in [4.78, 5) is 13.6. The van der Waals surface area contributed by atoms with E-state index in [1.54, 1.807) is 4.90 Å². The van der Waals surface area contributed by atoms with E-state index in [9.17, 15) is 13.2 Å². The zero-order valence-electron chi connectivity index (χ0n) is 11.9. The molecule has 1 aliphatic heterocycles. The fourth-order valence-corrected chi connectivity index (χ4v) is 5.32. The molecule has 0 radical (unpaired) electrons. The van der Waals surface area contributed by atoms with E-state index in [2.05, 4.69) is 5.32 Å². The molecule has 5 nitrogen and oxygen atoms in total. The molecule has 0 aromatic rings. The van der Waals surface area contributed by atoms with E-state index in [1.165, 1.54) is 25.7 Å². The normalized spacial score (nSPS) is 35.2. The van der Waals surface area contributed by atoms with Gasteiger partial charge < -0.3 is 10.2 Å². The number of sulfone groups is 1. The molecule has 3 rings (SSSR count). The van der Waals surface area contributed by atoms with Crippen molar-refractivity contribution in [2.24, 2.45) is 17.8 Å². The number of fused-ring (bicyclic) bond motifs is 2. The number of amides is 2. The summed E-state index contributed by atoms with van der Waals surface area (Å²) in [6.07, 6.45) is 6.63. The number of carbonyl (C=O) groups is 1. The summed E-state index contributed by atoms with van der Waals surface area (Å²) in [5, 5.41) is 2.96. The van der Waals surface area contributed by atoms with Gasteiger partial charge in [-0.1, -0.05) is 6.42 Å². The summed E-state index contributed by atoms with van der Waals surface area (Å²) in [5.74, 6) is 2.86. The van der Waals surface area contributed by atoms with Gasteiger partial charge in [-0.2, -0.15) is 0 Å². The van der Waals surface area contributed by atoms with Gasteiger partial charge in [-0.3, -0.25) is 0 Å². The molecule has 20 heavy (non-hydrogen) atoms. The smallest absolute Gasteiger partial charge is 0.317 e. The van der Waals surface area contributed by atoms with E-state index in [0.717, 1.165) is 30.7 Å². The van der Waals surface area contributed by atoms with Gasteiger partial charge in [0.05, 0.1) is 11.5 Å². The molecule has 0 spiro atoms. The van der Waals surface area contributed by atoms with Crippen molar-refractivity contribution in [1.29, 1.82) is 0 Å². The third-order valence-corrected chi connectivity index (χ3v) is 6.92. The highest BCUT2D eigenvalue weighted by atomic mass is 32.2. The first-order valence-corrected chi connectivity index (χ1v) is 9.59. The average Bonchev–Trinajstić information content (AvgIpc) is 3.00. The van der Waals surface area contributed by atoms with E-state index in [4.69, 9.17) is 0 Å². The van der Waals surface area contributed by atoms with Gasteiger partial charge in [-0.05, 0) is 43.4 Å². The van der Waals surface area contributed by atoms with Crippen molar-refractivity contribution in [2.75, 3.05) is 31.1 Å². The Bertz CT molecular complexity index is 463. The second kappa shape index (κ2) is 5.54. The van der Waals surface area contributed by atoms with Crippen LogP contribution in [0.5, 0.6) is 0 Å². The highest BCUT2D eigenvalue weighted by molar-refractivity contribution is 7.91. The summed E-state index contributed by atoms with van der Waals surface area (Å²) in [6, 6.07) is -0.0944. The molecular formula is C14H24N2O3S. The van der Waals surface area contributed by atoms with Gasteiger partial charge in [0.25, 0.3) is 0 Å². The van der Waals surface area contributed by atoms with Crippen LogP contribution in [0.1, 0.15) is 32.1 Å². The monoisotopic (exact) mass is 300 g/mol. The fraction of sp³-hybridized carbons (Fsp3) is 0.929. The molecule has 1 N–H and O–H groups in total. The van der Waals surface area contributed by atoms with Crippen molar-refractivity contribution in [3.63, 3.8) is 0 Å². The topological polar surface area (TPSA) is 66.5 Å². The minimum Gasteiger partial charge on any atom is -0.338 e. The zero-order chi connectivity index (χ0) is 14.2. The lowest BCUT2D eigenvalue weighted by Crippen LogP contribution is -2.48. The van der Waals surface area contributed by atoms with Crippen LogP contribution in [0.15, 0.2) is 0 Å². The number of urea groups is 1. The quantitative estimate of drug-likeness (QED) is 0.853. The maximum Gasteiger partial charge on any atom is 0.317 e. The lowest BCUT2D eigenvalue weighted by Gasteiger charge is -2.27. The second-order valence-corrected chi connectivity index (χ2v) is 8.90. The van der Waals surface area contributed by atoms with Gasteiger partial charge in [-0.25, -0.2) is 13.2 Å². The number of carbonyl (C=O) groups excluding carboxylic acids is 1. The Hall–Kier alpha value is -0.780. The van der Waals surface area contributed by atoms with Crippen LogP contribution in [0.4, 0.5) is 4.79 Å². The largest absolute Gasteiger partial charge is 0.338 e. The molecule has 1 saturated heterocycles. The molecule has 1 heterocycles. The van der Waals surface area contributed by atoms with Crippen LogP contribution in [0.2, 0.25) is 0 Å². The first-order chi connectivity index (χ1) is 9.53. The van der Waals surface area contributed by atoms with Gasteiger partial charge in [0, 0.05) is 19.6 Å². The SMILES string of the molecule is O=C(NCC[C@H]1C[C@H]2CC[C@H]1C2)N1CCS(=O)(=O)CC1. The highest BCUT2D eigenvalue weighted by Gasteiger charge is 2.38. The first kappa shape index (κ1) is 14.2. The van der Waals surface area contributed by atoms with Crippen molar-refractivity contribution < 1.29 is 13.2 Å². The van der Waals surface area contributed by atoms with E-state index < -0.39 is 9.84 Å². The highest BCUT2D eigenvalue weighted by Crippen LogP contribution is 2.49. The Morgan fingerprint density at radius 2 is 1.90 bits per heavy atom. The van der Waals surface area contributed by atoms with Crippen LogP contribution in [0, 0.1) is 17.8 Å². The average molecular weight is 300 g/mol. The maximum absolute atomic E-state index is 12.0. The molecule has 3 atom stereocenters. The fourth-order valence-electron chi connectivity index (χ4n) is 4.12.